The van der Waals surface area contributed by atoms with Gasteiger partial charge in [-0.05, 0) is 36.4 Å². The van der Waals surface area contributed by atoms with Crippen molar-refractivity contribution in [2.75, 3.05) is 7.11 Å². The number of pyridine rings is 1. The zero-order chi connectivity index (χ0) is 12.5. The Kier molecular flexibility index (Phi) is 2.41. The molecule has 3 rings (SSSR count). The number of methoxy groups -OCH3 is 1. The third kappa shape index (κ3) is 1.59. The number of rotatable bonds is 2. The number of imidazole rings is 1. The van der Waals surface area contributed by atoms with Crippen molar-refractivity contribution in [2.45, 2.75) is 0 Å². The average molecular weight is 240 g/mol. The van der Waals surface area contributed by atoms with E-state index in [-0.39, 0.29) is 5.75 Å². The summed E-state index contributed by atoms with van der Waals surface area (Å²) in [6.45, 7) is 0. The van der Waals surface area contributed by atoms with E-state index in [2.05, 4.69) is 4.98 Å². The smallest absolute Gasteiger partial charge is 0.199 e. The molecule has 0 saturated carbocycles. The molecule has 1 aromatic carbocycles. The molecule has 3 aromatic rings. The molecule has 4 heteroatoms. The number of phenols is 1. The number of aromatic hydroxyl groups is 1. The number of benzene rings is 1. The summed E-state index contributed by atoms with van der Waals surface area (Å²) in [5.41, 5.74) is 1.90. The van der Waals surface area contributed by atoms with Gasteiger partial charge in [0, 0.05) is 5.56 Å². The number of ether oxygens (including phenoxy) is 1. The maximum atomic E-state index is 9.32. The number of hydrogen-bond donors (Lipinski definition) is 1. The molecule has 1 N–H and O–H groups in total. The molecule has 0 amide bonds. The minimum absolute atomic E-state index is 0.242. The fourth-order valence-corrected chi connectivity index (χ4v) is 1.99. The van der Waals surface area contributed by atoms with E-state index in [1.165, 1.54) is 0 Å². The number of fused-ring (bicyclic) bond motifs is 1. The Morgan fingerprint density at radius 2 is 1.89 bits per heavy atom. The summed E-state index contributed by atoms with van der Waals surface area (Å²) >= 11 is 0. The molecule has 0 aliphatic carbocycles. The number of hydrogen-bond acceptors (Lipinski definition) is 3. The van der Waals surface area contributed by atoms with Crippen LogP contribution in [0.15, 0.2) is 48.7 Å². The first kappa shape index (κ1) is 10.7. The summed E-state index contributed by atoms with van der Waals surface area (Å²) in [4.78, 5) is 4.41. The fraction of sp³-hybridized carbons (Fsp3) is 0.0714. The summed E-state index contributed by atoms with van der Waals surface area (Å²) in [7, 11) is 1.63. The normalized spacial score (nSPS) is 10.7. The topological polar surface area (TPSA) is 46.8 Å². The SMILES string of the molecule is COc1cccc2cnc(-c3ccc(O)cc3)n12. The van der Waals surface area contributed by atoms with Crippen molar-refractivity contribution >= 4 is 5.52 Å². The second kappa shape index (κ2) is 4.07. The van der Waals surface area contributed by atoms with Gasteiger partial charge in [-0.15, -0.1) is 0 Å². The summed E-state index contributed by atoms with van der Waals surface area (Å²) in [6.07, 6.45) is 1.80. The van der Waals surface area contributed by atoms with E-state index in [0.717, 1.165) is 22.8 Å². The van der Waals surface area contributed by atoms with Gasteiger partial charge in [0.2, 0.25) is 0 Å². The number of phenolic OH excluding ortho intramolecular Hbond substituents is 1. The predicted octanol–water partition coefficient (Wildman–Crippen LogP) is 2.72. The van der Waals surface area contributed by atoms with Gasteiger partial charge >= 0.3 is 0 Å². The zero-order valence-corrected chi connectivity index (χ0v) is 9.87. The molecular weight excluding hydrogens is 228 g/mol. The van der Waals surface area contributed by atoms with Crippen LogP contribution in [0.2, 0.25) is 0 Å². The van der Waals surface area contributed by atoms with Gasteiger partial charge in [-0.2, -0.15) is 0 Å². The van der Waals surface area contributed by atoms with Gasteiger partial charge in [0.05, 0.1) is 18.8 Å². The molecular formula is C14H12N2O2. The second-order valence-electron chi connectivity index (χ2n) is 3.96. The van der Waals surface area contributed by atoms with Crippen LogP contribution < -0.4 is 4.74 Å². The molecule has 0 atom stereocenters. The quantitative estimate of drug-likeness (QED) is 0.749. The lowest BCUT2D eigenvalue weighted by Crippen LogP contribution is -1.95. The number of aromatic nitrogens is 2. The monoisotopic (exact) mass is 240 g/mol. The van der Waals surface area contributed by atoms with Crippen LogP contribution in [0.25, 0.3) is 16.9 Å². The van der Waals surface area contributed by atoms with E-state index >= 15 is 0 Å². The third-order valence-electron chi connectivity index (χ3n) is 2.85. The van der Waals surface area contributed by atoms with Crippen LogP contribution in [-0.2, 0) is 0 Å². The minimum atomic E-state index is 0.242. The largest absolute Gasteiger partial charge is 0.508 e. The summed E-state index contributed by atoms with van der Waals surface area (Å²) in [6, 6.07) is 12.7. The summed E-state index contributed by atoms with van der Waals surface area (Å²) in [5, 5.41) is 9.32. The van der Waals surface area contributed by atoms with Gasteiger partial charge in [-0.3, -0.25) is 4.40 Å². The van der Waals surface area contributed by atoms with Gasteiger partial charge < -0.3 is 9.84 Å². The van der Waals surface area contributed by atoms with E-state index in [4.69, 9.17) is 4.74 Å². The summed E-state index contributed by atoms with van der Waals surface area (Å²) < 4.78 is 7.28. The van der Waals surface area contributed by atoms with E-state index in [1.807, 2.05) is 34.7 Å². The first-order valence-electron chi connectivity index (χ1n) is 5.59. The predicted molar refractivity (Wildman–Crippen MR) is 68.8 cm³/mol. The molecule has 0 spiro atoms. The minimum Gasteiger partial charge on any atom is -0.508 e. The molecule has 18 heavy (non-hydrogen) atoms. The molecule has 90 valence electrons. The second-order valence-corrected chi connectivity index (χ2v) is 3.96. The highest BCUT2D eigenvalue weighted by atomic mass is 16.5. The van der Waals surface area contributed by atoms with Crippen LogP contribution in [0.4, 0.5) is 0 Å². The average Bonchev–Trinajstić information content (AvgIpc) is 2.83. The van der Waals surface area contributed by atoms with Crippen molar-refractivity contribution in [2.24, 2.45) is 0 Å². The van der Waals surface area contributed by atoms with Crippen LogP contribution in [-0.4, -0.2) is 21.6 Å². The van der Waals surface area contributed by atoms with Gasteiger partial charge in [-0.1, -0.05) is 6.07 Å². The molecule has 2 aromatic heterocycles. The zero-order valence-electron chi connectivity index (χ0n) is 9.87. The molecule has 0 aliphatic heterocycles. The standard InChI is InChI=1S/C14H12N2O2/c1-18-13-4-2-3-11-9-15-14(16(11)13)10-5-7-12(17)8-6-10/h2-9,17H,1H3. The van der Waals surface area contributed by atoms with Crippen molar-refractivity contribution < 1.29 is 9.84 Å². The van der Waals surface area contributed by atoms with Crippen LogP contribution in [0.5, 0.6) is 11.6 Å². The molecule has 0 unspecified atom stereocenters. The van der Waals surface area contributed by atoms with E-state index in [9.17, 15) is 5.11 Å². The van der Waals surface area contributed by atoms with E-state index in [1.54, 1.807) is 25.4 Å². The van der Waals surface area contributed by atoms with Crippen LogP contribution in [0.3, 0.4) is 0 Å². The lowest BCUT2D eigenvalue weighted by atomic mass is 10.2. The lowest BCUT2D eigenvalue weighted by Gasteiger charge is -2.07. The molecule has 0 fully saturated rings. The van der Waals surface area contributed by atoms with Crippen LogP contribution in [0, 0.1) is 0 Å². The Labute approximate surface area is 104 Å². The maximum absolute atomic E-state index is 9.32. The fourth-order valence-electron chi connectivity index (χ4n) is 1.99. The maximum Gasteiger partial charge on any atom is 0.199 e. The number of nitrogens with zero attached hydrogens (tertiary/aromatic N) is 2. The highest BCUT2D eigenvalue weighted by Gasteiger charge is 2.09. The molecule has 0 radical (unpaired) electrons. The van der Waals surface area contributed by atoms with Gasteiger partial charge in [-0.25, -0.2) is 4.98 Å². The van der Waals surface area contributed by atoms with Crippen molar-refractivity contribution in [3.63, 3.8) is 0 Å². The van der Waals surface area contributed by atoms with E-state index in [0.29, 0.717) is 0 Å². The van der Waals surface area contributed by atoms with E-state index < -0.39 is 0 Å². The molecule has 4 nitrogen and oxygen atoms in total. The van der Waals surface area contributed by atoms with Crippen molar-refractivity contribution in [1.82, 2.24) is 9.38 Å². The van der Waals surface area contributed by atoms with Crippen LogP contribution >= 0.6 is 0 Å². The van der Waals surface area contributed by atoms with Crippen molar-refractivity contribution in [1.29, 1.82) is 0 Å². The Morgan fingerprint density at radius 1 is 1.11 bits per heavy atom. The molecule has 0 saturated heterocycles. The molecule has 2 heterocycles. The third-order valence-corrected chi connectivity index (χ3v) is 2.85. The van der Waals surface area contributed by atoms with Gasteiger partial charge in [0.15, 0.2) is 5.88 Å². The Balaban J connectivity index is 2.26. The molecule has 0 aliphatic rings. The lowest BCUT2D eigenvalue weighted by molar-refractivity contribution is 0.393. The van der Waals surface area contributed by atoms with Crippen LogP contribution in [0.1, 0.15) is 0 Å². The van der Waals surface area contributed by atoms with Gasteiger partial charge in [0.1, 0.15) is 11.6 Å². The Hall–Kier alpha value is -2.49. The van der Waals surface area contributed by atoms with Gasteiger partial charge in [0.25, 0.3) is 0 Å². The highest BCUT2D eigenvalue weighted by molar-refractivity contribution is 5.64. The summed E-state index contributed by atoms with van der Waals surface area (Å²) in [5.74, 6) is 1.77. The Bertz CT molecular complexity index is 687. The highest BCUT2D eigenvalue weighted by Crippen LogP contribution is 2.25. The first-order valence-corrected chi connectivity index (χ1v) is 5.59. The van der Waals surface area contributed by atoms with Crippen molar-refractivity contribution in [3.05, 3.63) is 48.7 Å². The first-order chi connectivity index (χ1) is 8.79. The Morgan fingerprint density at radius 3 is 2.61 bits per heavy atom. The van der Waals surface area contributed by atoms with Crippen molar-refractivity contribution in [3.8, 4) is 23.0 Å². The molecule has 0 bridgehead atoms.